The van der Waals surface area contributed by atoms with E-state index in [-0.39, 0.29) is 56.8 Å². The number of amides is 3. The van der Waals surface area contributed by atoms with Crippen molar-refractivity contribution in [3.63, 3.8) is 0 Å². The van der Waals surface area contributed by atoms with Gasteiger partial charge in [0.05, 0.1) is 6.04 Å². The number of H-pyrrole nitrogens is 1. The van der Waals surface area contributed by atoms with Crippen LogP contribution in [0.15, 0.2) is 134 Å². The normalized spacial score (nSPS) is 14.5. The number of aromatic nitrogens is 1. The molecule has 0 bridgehead atoms. The Morgan fingerprint density at radius 3 is 1.81 bits per heavy atom. The maximum Gasteiger partial charge on any atom is 0.516 e. The molecule has 0 spiro atoms. The minimum absolute atomic E-state index is 0.0191. The highest BCUT2D eigenvalue weighted by molar-refractivity contribution is 5.95. The second-order valence-electron chi connectivity index (χ2n) is 23.6. The number of para-hydroxylation sites is 1. The van der Waals surface area contributed by atoms with E-state index in [9.17, 15) is 29.1 Å². The minimum Gasteiger partial charge on any atom is -0.508 e. The molecule has 6 atom stereocenters. The van der Waals surface area contributed by atoms with Crippen molar-refractivity contribution in [3.8, 4) is 16.9 Å². The lowest BCUT2D eigenvalue weighted by molar-refractivity contribution is -0.188. The Hall–Kier alpha value is -8.39. The van der Waals surface area contributed by atoms with Crippen LogP contribution < -0.4 is 22.1 Å². The Morgan fingerprint density at radius 1 is 0.631 bits per heavy atom. The molecule has 1 heterocycles. The van der Waals surface area contributed by atoms with E-state index in [1.165, 1.54) is 24.2 Å². The molecule has 1 unspecified atom stereocenters. The molecule has 6 aromatic rings. The summed E-state index contributed by atoms with van der Waals surface area (Å²) in [5, 5.41) is 18.7. The number of nitrogens with two attached hydrogens (primary N) is 2. The van der Waals surface area contributed by atoms with E-state index < -0.39 is 95.2 Å². The fourth-order valence-electron chi connectivity index (χ4n) is 10.3. The number of carbonyl (C=O) groups is 7. The average Bonchev–Trinajstić information content (AvgIpc) is 3.77. The molecule has 0 radical (unpaired) electrons. The zero-order valence-corrected chi connectivity index (χ0v) is 49.3. The molecule has 0 saturated carbocycles. The number of phenols is 1. The predicted molar refractivity (Wildman–Crippen MR) is 317 cm³/mol. The van der Waals surface area contributed by atoms with Crippen LogP contribution in [0.2, 0.25) is 0 Å². The van der Waals surface area contributed by atoms with E-state index in [0.29, 0.717) is 16.7 Å². The third-order valence-corrected chi connectivity index (χ3v) is 14.4. The standard InChI is InChI=1S/C65H79N7O12/c1-39(2)56(62(79)84-65(6,7)8)72(71(9)55(35-40-20-11-10-12-21-40)61(78)82-63(80)81-38-49-47-25-15-13-23-45(47)46-24-14-16-26-48(46)49)59(76)53(29-19-27-50(66)60(77)83-64(3,4)5)69-58(75)54(36-42-37-68-52-28-18-17-22-44(42)52)70-57(74)51(67)34-41-30-32-43(73)33-31-41/h10-18,20-26,28,30-33,37,39,49-51,53-56,68,73H,19,27,29,34-36,38,66-67H2,1-9H3,(H,69,75)(H,70,74)/t50?,51-,53-,54+,55-,56-/m0/s1. The Morgan fingerprint density at radius 2 is 1.19 bits per heavy atom. The van der Waals surface area contributed by atoms with Crippen molar-refractivity contribution in [3.05, 3.63) is 161 Å². The van der Waals surface area contributed by atoms with Crippen LogP contribution in [-0.4, -0.2) is 123 Å². The number of rotatable bonds is 24. The summed E-state index contributed by atoms with van der Waals surface area (Å²) in [6.45, 7) is 13.3. The Balaban J connectivity index is 1.26. The number of benzene rings is 5. The molecule has 84 heavy (non-hydrogen) atoms. The van der Waals surface area contributed by atoms with Gasteiger partial charge >= 0.3 is 24.1 Å². The summed E-state index contributed by atoms with van der Waals surface area (Å²) >= 11 is 0. The number of likely N-dealkylation sites (N-methyl/N-ethyl adjacent to an activating group) is 1. The summed E-state index contributed by atoms with van der Waals surface area (Å²) in [6.07, 6.45) is 0.0191. The molecular formula is C65H79N7O12. The number of aromatic amines is 1. The lowest BCUT2D eigenvalue weighted by atomic mass is 9.98. The maximum atomic E-state index is 16.1. The number of nitrogens with one attached hydrogen (secondary N) is 3. The van der Waals surface area contributed by atoms with Crippen molar-refractivity contribution in [2.24, 2.45) is 17.4 Å². The maximum absolute atomic E-state index is 16.1. The Bertz CT molecular complexity index is 3230. The van der Waals surface area contributed by atoms with Gasteiger partial charge in [-0.25, -0.2) is 19.4 Å². The number of ether oxygens (including phenoxy) is 4. The molecule has 446 valence electrons. The van der Waals surface area contributed by atoms with Gasteiger partial charge in [-0.15, -0.1) is 0 Å². The number of hydrogen-bond acceptors (Lipinski definition) is 15. The van der Waals surface area contributed by atoms with Gasteiger partial charge in [0, 0.05) is 42.9 Å². The summed E-state index contributed by atoms with van der Waals surface area (Å²) in [5.41, 5.74) is 17.4. The van der Waals surface area contributed by atoms with Gasteiger partial charge in [-0.2, -0.15) is 0 Å². The van der Waals surface area contributed by atoms with Crippen molar-refractivity contribution in [1.82, 2.24) is 25.6 Å². The Labute approximate surface area is 490 Å². The molecule has 1 aliphatic rings. The zero-order chi connectivity index (χ0) is 61.0. The van der Waals surface area contributed by atoms with Crippen LogP contribution in [0.5, 0.6) is 5.75 Å². The highest BCUT2D eigenvalue weighted by Gasteiger charge is 2.45. The molecule has 8 N–H and O–H groups in total. The topological polar surface area (TPSA) is 275 Å². The van der Waals surface area contributed by atoms with Crippen LogP contribution in [0.25, 0.3) is 22.0 Å². The van der Waals surface area contributed by atoms with Crippen molar-refractivity contribution in [2.75, 3.05) is 13.7 Å². The quantitative estimate of drug-likeness (QED) is 0.0145. The van der Waals surface area contributed by atoms with E-state index in [1.54, 1.807) is 104 Å². The van der Waals surface area contributed by atoms with E-state index in [1.807, 2.05) is 72.8 Å². The monoisotopic (exact) mass is 1150 g/mol. The lowest BCUT2D eigenvalue weighted by Gasteiger charge is -2.43. The van der Waals surface area contributed by atoms with E-state index >= 15 is 9.59 Å². The van der Waals surface area contributed by atoms with Gasteiger partial charge in [0.1, 0.15) is 53.8 Å². The molecule has 1 aliphatic carbocycles. The fourth-order valence-corrected chi connectivity index (χ4v) is 10.3. The van der Waals surface area contributed by atoms with Gasteiger partial charge in [0.15, 0.2) is 0 Å². The number of hydrogen-bond donors (Lipinski definition) is 6. The van der Waals surface area contributed by atoms with Crippen LogP contribution in [0.4, 0.5) is 4.79 Å². The van der Waals surface area contributed by atoms with E-state index in [4.69, 9.17) is 30.4 Å². The number of esters is 3. The van der Waals surface area contributed by atoms with Gasteiger partial charge < -0.3 is 51.1 Å². The highest BCUT2D eigenvalue weighted by atomic mass is 16.7. The number of aromatic hydroxyl groups is 1. The van der Waals surface area contributed by atoms with Crippen molar-refractivity contribution >= 4 is 52.7 Å². The molecule has 0 fully saturated rings. The smallest absolute Gasteiger partial charge is 0.508 e. The molecule has 1 aromatic heterocycles. The summed E-state index contributed by atoms with van der Waals surface area (Å²) in [4.78, 5) is 105. The highest BCUT2D eigenvalue weighted by Crippen LogP contribution is 2.44. The third-order valence-electron chi connectivity index (χ3n) is 14.4. The van der Waals surface area contributed by atoms with Gasteiger partial charge in [-0.05, 0) is 130 Å². The molecule has 19 heteroatoms. The van der Waals surface area contributed by atoms with Crippen LogP contribution in [0.3, 0.4) is 0 Å². The average molecular weight is 1150 g/mol. The SMILES string of the molecule is CC(C)[C@@H](C(=O)OC(C)(C)C)N(C(=O)[C@H](CCCC(N)C(=O)OC(C)(C)C)NC(=O)[C@@H](Cc1c[nH]c2ccccc12)NC(=O)[C@@H](N)Cc1ccc(O)cc1)N(C)[C@@H](Cc1ccccc1)C(=O)OC(=O)OCC1c2ccccc2-c2ccccc21. The molecule has 7 rings (SSSR count). The van der Waals surface area contributed by atoms with Crippen molar-refractivity contribution < 1.29 is 57.6 Å². The molecule has 5 aromatic carbocycles. The molecule has 3 amide bonds. The summed E-state index contributed by atoms with van der Waals surface area (Å²) < 4.78 is 22.8. The second-order valence-corrected chi connectivity index (χ2v) is 23.6. The fraction of sp³-hybridized carbons (Fsp3) is 0.400. The first kappa shape index (κ1) is 63.2. The predicted octanol–water partition coefficient (Wildman–Crippen LogP) is 7.94. The molecule has 19 nitrogen and oxygen atoms in total. The van der Waals surface area contributed by atoms with Crippen LogP contribution in [0.1, 0.15) is 108 Å². The van der Waals surface area contributed by atoms with Crippen LogP contribution >= 0.6 is 0 Å². The van der Waals surface area contributed by atoms with E-state index in [0.717, 1.165) is 38.2 Å². The van der Waals surface area contributed by atoms with Gasteiger partial charge in [0.25, 0.3) is 5.91 Å². The number of nitrogens with zero attached hydrogens (tertiary/aromatic N) is 2. The molecule has 0 saturated heterocycles. The van der Waals surface area contributed by atoms with Gasteiger partial charge in [0.2, 0.25) is 11.8 Å². The first-order chi connectivity index (χ1) is 39.8. The first-order valence-corrected chi connectivity index (χ1v) is 28.4. The molecule has 0 aliphatic heterocycles. The number of phenolic OH excluding ortho intramolecular Hbond substituents is 1. The van der Waals surface area contributed by atoms with Crippen molar-refractivity contribution in [2.45, 2.75) is 147 Å². The number of hydrazine groups is 1. The third kappa shape index (κ3) is 16.7. The summed E-state index contributed by atoms with van der Waals surface area (Å²) in [5.74, 6) is -6.17. The number of fused-ring (bicyclic) bond motifs is 4. The van der Waals surface area contributed by atoms with Crippen LogP contribution in [0, 0.1) is 5.92 Å². The van der Waals surface area contributed by atoms with Crippen molar-refractivity contribution in [1.29, 1.82) is 0 Å². The summed E-state index contributed by atoms with van der Waals surface area (Å²) in [7, 11) is 1.40. The second kappa shape index (κ2) is 27.8. The van der Waals surface area contributed by atoms with Crippen LogP contribution in [-0.2, 0) is 67.0 Å². The van der Waals surface area contributed by atoms with Gasteiger partial charge in [-0.1, -0.05) is 123 Å². The summed E-state index contributed by atoms with van der Waals surface area (Å²) in [6, 6.07) is 29.6. The first-order valence-electron chi connectivity index (χ1n) is 28.4. The lowest BCUT2D eigenvalue weighted by Crippen LogP contribution is -2.65. The zero-order valence-electron chi connectivity index (χ0n) is 49.3. The van der Waals surface area contributed by atoms with E-state index in [2.05, 4.69) is 15.6 Å². The largest absolute Gasteiger partial charge is 0.516 e. The number of carbonyl (C=O) groups excluding carboxylic acids is 7. The molecular weight excluding hydrogens is 1070 g/mol. The Kier molecular flexibility index (Phi) is 20.9. The minimum atomic E-state index is -1.57. The van der Waals surface area contributed by atoms with Gasteiger partial charge in [-0.3, -0.25) is 24.2 Å².